The average Bonchev–Trinajstić information content (AvgIpc) is 2.42. The molecule has 0 radical (unpaired) electrons. The van der Waals surface area contributed by atoms with Gasteiger partial charge in [-0.15, -0.1) is 0 Å². The maximum atomic E-state index is 13.1. The fourth-order valence-corrected chi connectivity index (χ4v) is 3.08. The van der Waals surface area contributed by atoms with Crippen molar-refractivity contribution in [2.45, 2.75) is 45.1 Å². The maximum Gasteiger partial charge on any atom is 0.251 e. The molecular weight excluding hydrogens is 309 g/mol. The minimum Gasteiger partial charge on any atom is -0.349 e. The molecule has 1 aliphatic carbocycles. The Morgan fingerprint density at radius 3 is 2.95 bits per heavy atom. The van der Waals surface area contributed by atoms with Crippen LogP contribution in [0.3, 0.4) is 0 Å². The summed E-state index contributed by atoms with van der Waals surface area (Å²) in [5.74, 6) is 0.265. The number of amides is 1. The predicted octanol–water partition coefficient (Wildman–Crippen LogP) is 4.29. The van der Waals surface area contributed by atoms with Crippen molar-refractivity contribution in [2.24, 2.45) is 5.92 Å². The molecule has 19 heavy (non-hydrogen) atoms. The Bertz CT molecular complexity index is 463. The second kappa shape index (κ2) is 6.51. The molecule has 0 bridgehead atoms. The van der Waals surface area contributed by atoms with Crippen LogP contribution in [-0.2, 0) is 0 Å². The van der Waals surface area contributed by atoms with E-state index in [9.17, 15) is 9.18 Å². The number of carbonyl (C=O) groups is 1. The average molecular weight is 328 g/mol. The van der Waals surface area contributed by atoms with Crippen molar-refractivity contribution >= 4 is 21.8 Å². The van der Waals surface area contributed by atoms with E-state index >= 15 is 0 Å². The van der Waals surface area contributed by atoms with Gasteiger partial charge in [0.2, 0.25) is 0 Å². The Morgan fingerprint density at radius 1 is 1.47 bits per heavy atom. The van der Waals surface area contributed by atoms with Crippen LogP contribution in [0.1, 0.15) is 49.4 Å². The van der Waals surface area contributed by atoms with Crippen molar-refractivity contribution in [3.05, 3.63) is 34.1 Å². The number of carbonyl (C=O) groups excluding carboxylic acids is 1. The van der Waals surface area contributed by atoms with E-state index in [1.54, 1.807) is 0 Å². The first-order chi connectivity index (χ1) is 9.10. The zero-order valence-corrected chi connectivity index (χ0v) is 12.7. The molecule has 2 rings (SSSR count). The molecule has 1 N–H and O–H groups in total. The van der Waals surface area contributed by atoms with Crippen molar-refractivity contribution < 1.29 is 9.18 Å². The van der Waals surface area contributed by atoms with E-state index in [1.807, 2.05) is 0 Å². The summed E-state index contributed by atoms with van der Waals surface area (Å²) in [7, 11) is 0. The Morgan fingerprint density at radius 2 is 2.26 bits per heavy atom. The highest BCUT2D eigenvalue weighted by atomic mass is 79.9. The second-order valence-electron chi connectivity index (χ2n) is 5.24. The summed E-state index contributed by atoms with van der Waals surface area (Å²) >= 11 is 3.11. The third-order valence-electron chi connectivity index (χ3n) is 3.88. The lowest BCUT2D eigenvalue weighted by Crippen LogP contribution is -2.38. The van der Waals surface area contributed by atoms with Crippen LogP contribution in [0.25, 0.3) is 0 Å². The molecular formula is C15H19BrFNO. The Balaban J connectivity index is 1.98. The van der Waals surface area contributed by atoms with Gasteiger partial charge in [-0.1, -0.05) is 26.2 Å². The zero-order chi connectivity index (χ0) is 13.8. The van der Waals surface area contributed by atoms with Gasteiger partial charge in [-0.25, -0.2) is 4.39 Å². The quantitative estimate of drug-likeness (QED) is 0.881. The topological polar surface area (TPSA) is 29.1 Å². The van der Waals surface area contributed by atoms with Gasteiger partial charge in [-0.05, 0) is 52.9 Å². The van der Waals surface area contributed by atoms with E-state index < -0.39 is 0 Å². The van der Waals surface area contributed by atoms with Gasteiger partial charge in [0.1, 0.15) is 5.82 Å². The second-order valence-corrected chi connectivity index (χ2v) is 6.09. The highest BCUT2D eigenvalue weighted by Crippen LogP contribution is 2.27. The molecule has 2 unspecified atom stereocenters. The highest BCUT2D eigenvalue weighted by molar-refractivity contribution is 9.10. The van der Waals surface area contributed by atoms with Gasteiger partial charge < -0.3 is 5.32 Å². The molecule has 0 saturated heterocycles. The van der Waals surface area contributed by atoms with E-state index in [-0.39, 0.29) is 17.8 Å². The van der Waals surface area contributed by atoms with Crippen molar-refractivity contribution in [1.82, 2.24) is 5.32 Å². The molecule has 1 aliphatic rings. The summed E-state index contributed by atoms with van der Waals surface area (Å²) in [5, 5.41) is 3.06. The molecule has 0 spiro atoms. The monoisotopic (exact) mass is 327 g/mol. The normalized spacial score (nSPS) is 23.1. The molecule has 104 valence electrons. The summed E-state index contributed by atoms with van der Waals surface area (Å²) in [5.41, 5.74) is 0.506. The number of halogens is 2. The van der Waals surface area contributed by atoms with Crippen LogP contribution in [0.2, 0.25) is 0 Å². The smallest absolute Gasteiger partial charge is 0.251 e. The lowest BCUT2D eigenvalue weighted by molar-refractivity contribution is 0.0919. The van der Waals surface area contributed by atoms with Crippen LogP contribution in [-0.4, -0.2) is 11.9 Å². The summed E-state index contributed by atoms with van der Waals surface area (Å²) in [4.78, 5) is 12.1. The molecule has 0 aromatic heterocycles. The number of rotatable bonds is 3. The zero-order valence-electron chi connectivity index (χ0n) is 11.1. The first-order valence-electron chi connectivity index (χ1n) is 6.86. The standard InChI is InChI=1S/C15H19BrFNO/c1-2-10-4-3-5-12(8-10)18-15(19)11-6-7-14(17)13(16)9-11/h6-7,9-10,12H,2-5,8H2,1H3,(H,18,19). The molecule has 0 aliphatic heterocycles. The summed E-state index contributed by atoms with van der Waals surface area (Å²) < 4.78 is 13.5. The fourth-order valence-electron chi connectivity index (χ4n) is 2.70. The van der Waals surface area contributed by atoms with Gasteiger partial charge in [0, 0.05) is 11.6 Å². The van der Waals surface area contributed by atoms with Crippen molar-refractivity contribution in [2.75, 3.05) is 0 Å². The number of hydrogen-bond acceptors (Lipinski definition) is 1. The van der Waals surface area contributed by atoms with Gasteiger partial charge in [0.05, 0.1) is 4.47 Å². The van der Waals surface area contributed by atoms with Crippen LogP contribution < -0.4 is 5.32 Å². The molecule has 0 heterocycles. The van der Waals surface area contributed by atoms with Gasteiger partial charge in [0.25, 0.3) is 5.91 Å². The molecule has 4 heteroatoms. The van der Waals surface area contributed by atoms with Gasteiger partial charge >= 0.3 is 0 Å². The van der Waals surface area contributed by atoms with Gasteiger partial charge in [-0.3, -0.25) is 4.79 Å². The molecule has 2 atom stereocenters. The third-order valence-corrected chi connectivity index (χ3v) is 4.48. The summed E-state index contributed by atoms with van der Waals surface area (Å²) in [6.07, 6.45) is 5.73. The van der Waals surface area contributed by atoms with Crippen LogP contribution in [0, 0.1) is 11.7 Å². The SMILES string of the molecule is CCC1CCCC(NC(=O)c2ccc(F)c(Br)c2)C1. The van der Waals surface area contributed by atoms with E-state index in [1.165, 1.54) is 37.5 Å². The Kier molecular flexibility index (Phi) is 4.97. The highest BCUT2D eigenvalue weighted by Gasteiger charge is 2.22. The number of benzene rings is 1. The Hall–Kier alpha value is -0.900. The summed E-state index contributed by atoms with van der Waals surface area (Å²) in [6.45, 7) is 2.20. The molecule has 1 saturated carbocycles. The third kappa shape index (κ3) is 3.78. The minimum absolute atomic E-state index is 0.109. The lowest BCUT2D eigenvalue weighted by atomic mass is 9.84. The van der Waals surface area contributed by atoms with Crippen LogP contribution in [0.4, 0.5) is 4.39 Å². The fraction of sp³-hybridized carbons (Fsp3) is 0.533. The molecule has 1 aromatic rings. The van der Waals surface area contributed by atoms with E-state index in [2.05, 4.69) is 28.2 Å². The van der Waals surface area contributed by atoms with Crippen molar-refractivity contribution in [3.8, 4) is 0 Å². The van der Waals surface area contributed by atoms with E-state index in [0.29, 0.717) is 10.0 Å². The first kappa shape index (κ1) is 14.5. The van der Waals surface area contributed by atoms with Crippen LogP contribution in [0.5, 0.6) is 0 Å². The molecule has 2 nitrogen and oxygen atoms in total. The minimum atomic E-state index is -0.347. The van der Waals surface area contributed by atoms with E-state index in [0.717, 1.165) is 18.8 Å². The van der Waals surface area contributed by atoms with Gasteiger partial charge in [0.15, 0.2) is 0 Å². The van der Waals surface area contributed by atoms with Crippen LogP contribution >= 0.6 is 15.9 Å². The molecule has 1 aromatic carbocycles. The number of hydrogen-bond donors (Lipinski definition) is 1. The first-order valence-corrected chi connectivity index (χ1v) is 7.65. The summed E-state index contributed by atoms with van der Waals surface area (Å²) in [6, 6.07) is 4.63. The number of nitrogens with one attached hydrogen (secondary N) is 1. The molecule has 1 amide bonds. The van der Waals surface area contributed by atoms with Crippen LogP contribution in [0.15, 0.2) is 22.7 Å². The van der Waals surface area contributed by atoms with Gasteiger partial charge in [-0.2, -0.15) is 0 Å². The maximum absolute atomic E-state index is 13.1. The van der Waals surface area contributed by atoms with Crippen molar-refractivity contribution in [3.63, 3.8) is 0 Å². The lowest BCUT2D eigenvalue weighted by Gasteiger charge is -2.29. The predicted molar refractivity (Wildman–Crippen MR) is 77.6 cm³/mol. The van der Waals surface area contributed by atoms with E-state index in [4.69, 9.17) is 0 Å². The molecule has 1 fully saturated rings. The Labute approximate surface area is 121 Å². The largest absolute Gasteiger partial charge is 0.349 e. The van der Waals surface area contributed by atoms with Crippen molar-refractivity contribution in [1.29, 1.82) is 0 Å².